The number of pyridine rings is 1. The fourth-order valence-electron chi connectivity index (χ4n) is 4.01. The van der Waals surface area contributed by atoms with Crippen LogP contribution in [-0.2, 0) is 11.3 Å². The number of benzene rings is 1. The van der Waals surface area contributed by atoms with Crippen LogP contribution in [0.2, 0.25) is 0 Å². The number of carbonyl (C=O) groups excluding carboxylic acids is 1. The van der Waals surface area contributed by atoms with Crippen molar-refractivity contribution in [2.24, 2.45) is 5.10 Å². The predicted octanol–water partition coefficient (Wildman–Crippen LogP) is 2.73. The van der Waals surface area contributed by atoms with Gasteiger partial charge in [-0.1, -0.05) is 13.8 Å². The summed E-state index contributed by atoms with van der Waals surface area (Å²) >= 11 is 0. The van der Waals surface area contributed by atoms with Gasteiger partial charge in [0, 0.05) is 56.7 Å². The lowest BCUT2D eigenvalue weighted by atomic mass is 10.1. The molecule has 3 aromatic rings. The normalized spacial score (nSPS) is 17.5. The first-order valence-electron chi connectivity index (χ1n) is 12.3. The molecule has 2 aromatic heterocycles. The molecule has 0 N–H and O–H groups in total. The van der Waals surface area contributed by atoms with E-state index in [0.29, 0.717) is 43.3 Å². The number of amides is 1. The summed E-state index contributed by atoms with van der Waals surface area (Å²) < 4.78 is 13.0. The summed E-state index contributed by atoms with van der Waals surface area (Å²) in [5, 5.41) is 11.5. The smallest absolute Gasteiger partial charge is 0.255 e. The van der Waals surface area contributed by atoms with Gasteiger partial charge in [-0.25, -0.2) is 0 Å². The second-order valence-electron chi connectivity index (χ2n) is 8.38. The van der Waals surface area contributed by atoms with Crippen LogP contribution in [0.15, 0.2) is 52.6 Å². The van der Waals surface area contributed by atoms with E-state index in [1.807, 2.05) is 50.3 Å². The molecule has 2 aliphatic rings. The molecule has 190 valence electrons. The number of rotatable bonds is 5. The van der Waals surface area contributed by atoms with Gasteiger partial charge < -0.3 is 19.4 Å². The highest BCUT2D eigenvalue weighted by Crippen LogP contribution is 2.22. The fourth-order valence-corrected chi connectivity index (χ4v) is 4.01. The summed E-state index contributed by atoms with van der Waals surface area (Å²) in [4.78, 5) is 31.3. The van der Waals surface area contributed by atoms with E-state index in [-0.39, 0.29) is 24.0 Å². The lowest BCUT2D eigenvalue weighted by molar-refractivity contribution is 0.0302. The summed E-state index contributed by atoms with van der Waals surface area (Å²) in [5.41, 5.74) is 1.43. The Bertz CT molecular complexity index is 1280. The zero-order valence-electron chi connectivity index (χ0n) is 21.0. The molecule has 10 nitrogen and oxygen atoms in total. The molecule has 0 spiro atoms. The van der Waals surface area contributed by atoms with E-state index in [4.69, 9.17) is 9.47 Å². The van der Waals surface area contributed by atoms with E-state index in [9.17, 15) is 9.59 Å². The Morgan fingerprint density at radius 3 is 2.69 bits per heavy atom. The molecule has 1 unspecified atom stereocenters. The third-order valence-electron chi connectivity index (χ3n) is 6.00. The minimum absolute atomic E-state index is 0.00437. The Morgan fingerprint density at radius 2 is 1.94 bits per heavy atom. The monoisotopic (exact) mass is 492 g/mol. The maximum atomic E-state index is 12.8. The Hall–Kier alpha value is -3.79. The van der Waals surface area contributed by atoms with E-state index >= 15 is 0 Å². The molecule has 2 aliphatic heterocycles. The number of nitrogens with zero attached hydrogens (tertiary/aromatic N) is 6. The van der Waals surface area contributed by atoms with E-state index in [0.717, 1.165) is 23.9 Å². The van der Waals surface area contributed by atoms with Crippen molar-refractivity contribution in [3.63, 3.8) is 0 Å². The van der Waals surface area contributed by atoms with Crippen molar-refractivity contribution in [1.82, 2.24) is 24.7 Å². The summed E-state index contributed by atoms with van der Waals surface area (Å²) in [6, 6.07) is 8.78. The predicted molar refractivity (Wildman–Crippen MR) is 137 cm³/mol. The van der Waals surface area contributed by atoms with Crippen LogP contribution in [0.4, 0.5) is 0 Å². The second kappa shape index (κ2) is 11.8. The first-order chi connectivity index (χ1) is 17.6. The van der Waals surface area contributed by atoms with Gasteiger partial charge in [0.05, 0.1) is 30.3 Å². The van der Waals surface area contributed by atoms with Crippen LogP contribution >= 0.6 is 0 Å². The average Bonchev–Trinajstić information content (AvgIpc) is 2.94. The van der Waals surface area contributed by atoms with Crippen LogP contribution in [0.3, 0.4) is 0 Å². The fraction of sp³-hybridized carbons (Fsp3) is 0.423. The van der Waals surface area contributed by atoms with Crippen LogP contribution < -0.4 is 10.2 Å². The number of hydrogen-bond acceptors (Lipinski definition) is 8. The zero-order chi connectivity index (χ0) is 25.5. The van der Waals surface area contributed by atoms with Crippen molar-refractivity contribution in [3.05, 3.63) is 64.2 Å². The van der Waals surface area contributed by atoms with Crippen LogP contribution in [0.1, 0.15) is 42.4 Å². The first kappa shape index (κ1) is 25.3. The van der Waals surface area contributed by atoms with Crippen molar-refractivity contribution in [1.29, 1.82) is 0 Å². The third-order valence-corrected chi connectivity index (χ3v) is 6.00. The molecule has 1 aromatic carbocycles. The lowest BCUT2D eigenvalue weighted by Crippen LogP contribution is -2.40. The number of aromatic nitrogens is 3. The first-order valence-corrected chi connectivity index (χ1v) is 12.3. The van der Waals surface area contributed by atoms with Gasteiger partial charge in [-0.15, -0.1) is 0 Å². The molecule has 10 heteroatoms. The summed E-state index contributed by atoms with van der Waals surface area (Å²) in [6.07, 6.45) is 5.98. The molecule has 1 amide bonds. The van der Waals surface area contributed by atoms with Gasteiger partial charge in [-0.2, -0.15) is 10.2 Å². The second-order valence-corrected chi connectivity index (χ2v) is 8.38. The molecule has 1 fully saturated rings. The molecule has 36 heavy (non-hydrogen) atoms. The van der Waals surface area contributed by atoms with Crippen molar-refractivity contribution in [2.45, 2.75) is 32.9 Å². The minimum Gasteiger partial charge on any atom is -0.487 e. The number of fused-ring (bicyclic) bond motifs is 1. The summed E-state index contributed by atoms with van der Waals surface area (Å²) in [7, 11) is 1.92. The molecule has 1 atom stereocenters. The number of ether oxygens (including phenoxy) is 2. The van der Waals surface area contributed by atoms with Gasteiger partial charge >= 0.3 is 0 Å². The maximum absolute atomic E-state index is 12.8. The average molecular weight is 493 g/mol. The Morgan fingerprint density at radius 1 is 1.14 bits per heavy atom. The van der Waals surface area contributed by atoms with Crippen LogP contribution in [0, 0.1) is 0 Å². The molecule has 0 saturated carbocycles. The van der Waals surface area contributed by atoms with Crippen LogP contribution in [0.25, 0.3) is 10.9 Å². The summed E-state index contributed by atoms with van der Waals surface area (Å²) in [6.45, 7) is 7.10. The van der Waals surface area contributed by atoms with Gasteiger partial charge in [0.2, 0.25) is 5.43 Å². The summed E-state index contributed by atoms with van der Waals surface area (Å²) in [5.74, 6) is 0.512. The van der Waals surface area contributed by atoms with Crippen molar-refractivity contribution in [2.75, 3.05) is 39.9 Å². The highest BCUT2D eigenvalue weighted by atomic mass is 16.5. The van der Waals surface area contributed by atoms with E-state index < -0.39 is 0 Å². The highest BCUT2D eigenvalue weighted by Gasteiger charge is 2.19. The number of carbonyl (C=O) groups is 1. The van der Waals surface area contributed by atoms with Gasteiger partial charge in [-0.3, -0.25) is 19.3 Å². The Balaban J connectivity index is 0.00000148. The molecule has 1 saturated heterocycles. The largest absolute Gasteiger partial charge is 0.487 e. The zero-order valence-corrected chi connectivity index (χ0v) is 21.0. The molecule has 0 aliphatic carbocycles. The lowest BCUT2D eigenvalue weighted by Gasteiger charge is -2.26. The van der Waals surface area contributed by atoms with Gasteiger partial charge in [-0.05, 0) is 30.7 Å². The highest BCUT2D eigenvalue weighted by molar-refractivity contribution is 5.97. The molecule has 4 heterocycles. The quantitative estimate of drug-likeness (QED) is 0.540. The van der Waals surface area contributed by atoms with Gasteiger partial charge in [0.25, 0.3) is 5.91 Å². The topological polar surface area (TPSA) is 102 Å². The molecular weight excluding hydrogens is 460 g/mol. The van der Waals surface area contributed by atoms with Crippen molar-refractivity contribution < 1.29 is 14.3 Å². The third kappa shape index (κ3) is 5.88. The van der Waals surface area contributed by atoms with E-state index in [2.05, 4.69) is 15.2 Å². The van der Waals surface area contributed by atoms with Gasteiger partial charge in [0.15, 0.2) is 0 Å². The number of morpholine rings is 1. The van der Waals surface area contributed by atoms with Crippen LogP contribution in [0.5, 0.6) is 5.75 Å². The van der Waals surface area contributed by atoms with Gasteiger partial charge in [0.1, 0.15) is 18.1 Å². The molecular formula is C26H32N6O4. The minimum atomic E-state index is -0.179. The SMILES string of the molecule is CC.CN1CCC(n2ccc(=O)c(COc3ccc4ncc(C(=O)N5CCOCC5)cc4c3)n2)C=N1. The van der Waals surface area contributed by atoms with E-state index in [1.54, 1.807) is 28.0 Å². The molecule has 0 bridgehead atoms. The number of hydrogen-bond donors (Lipinski definition) is 0. The number of hydrazone groups is 1. The molecule has 0 radical (unpaired) electrons. The molecule has 5 rings (SSSR count). The Kier molecular flexibility index (Phi) is 8.27. The van der Waals surface area contributed by atoms with Crippen molar-refractivity contribution in [3.8, 4) is 5.75 Å². The Labute approximate surface area is 210 Å². The van der Waals surface area contributed by atoms with E-state index in [1.165, 1.54) is 6.07 Å². The van der Waals surface area contributed by atoms with Crippen LogP contribution in [-0.4, -0.2) is 76.7 Å². The standard InChI is InChI=1S/C24H26N6O4.C2H6/c1-28-6-4-19(15-26-28)30-7-5-23(31)22(27-30)16-34-20-2-3-21-17(13-20)12-18(14-25-21)24(32)29-8-10-33-11-9-29;1-2/h2-3,5,7,12-15,19H,4,6,8-11,16H2,1H3;1-2H3. The van der Waals surface area contributed by atoms with Crippen molar-refractivity contribution >= 4 is 23.0 Å². The maximum Gasteiger partial charge on any atom is 0.255 e.